The number of nitro groups is 1. The molecule has 0 radical (unpaired) electrons. The second-order valence-electron chi connectivity index (χ2n) is 7.17. The zero-order valence-electron chi connectivity index (χ0n) is 17.8. The van der Waals surface area contributed by atoms with E-state index in [1.165, 1.54) is 35.6 Å². The van der Waals surface area contributed by atoms with Crippen LogP contribution in [0, 0.1) is 10.1 Å². The van der Waals surface area contributed by atoms with Crippen LogP contribution >= 0.6 is 0 Å². The predicted molar refractivity (Wildman–Crippen MR) is 124 cm³/mol. The lowest BCUT2D eigenvalue weighted by Crippen LogP contribution is -2.12. The van der Waals surface area contributed by atoms with Gasteiger partial charge in [-0.2, -0.15) is 0 Å². The van der Waals surface area contributed by atoms with E-state index in [4.69, 9.17) is 4.74 Å². The Kier molecular flexibility index (Phi) is 5.99. The summed E-state index contributed by atoms with van der Waals surface area (Å²) in [4.78, 5) is 15.0. The molecule has 4 rings (SSSR count). The number of nitrogens with zero attached hydrogens (tertiary/aromatic N) is 3. The number of pyridine rings is 1. The van der Waals surface area contributed by atoms with Crippen molar-refractivity contribution in [2.24, 2.45) is 0 Å². The number of aromatic nitrogens is 2. The fourth-order valence-corrected chi connectivity index (χ4v) is 4.89. The first-order valence-electron chi connectivity index (χ1n) is 9.89. The summed E-state index contributed by atoms with van der Waals surface area (Å²) in [6, 6.07) is 12.7. The van der Waals surface area contributed by atoms with Crippen molar-refractivity contribution in [3.63, 3.8) is 0 Å². The lowest BCUT2D eigenvalue weighted by Gasteiger charge is -2.11. The van der Waals surface area contributed by atoms with Crippen molar-refractivity contribution in [1.82, 2.24) is 14.3 Å². The number of hydrogen-bond donors (Lipinski definition) is 2. The normalized spacial score (nSPS) is 11.5. The maximum atomic E-state index is 13.3. The van der Waals surface area contributed by atoms with Crippen molar-refractivity contribution in [3.8, 4) is 5.75 Å². The molecule has 2 aromatic heterocycles. The van der Waals surface area contributed by atoms with Crippen LogP contribution in [0.5, 0.6) is 5.75 Å². The molecular formula is C22H21N5O5S. The van der Waals surface area contributed by atoms with Crippen molar-refractivity contribution in [2.45, 2.75) is 11.4 Å². The molecule has 0 saturated carbocycles. The van der Waals surface area contributed by atoms with Crippen LogP contribution in [0.15, 0.2) is 72.0 Å². The van der Waals surface area contributed by atoms with Gasteiger partial charge in [0.05, 0.1) is 23.6 Å². The Balaban J connectivity index is 1.84. The van der Waals surface area contributed by atoms with E-state index in [2.05, 4.69) is 15.6 Å². The smallest absolute Gasteiger partial charge is 0.296 e. The number of ether oxygens (including phenoxy) is 1. The molecule has 0 aliphatic carbocycles. The Hall–Kier alpha value is -3.96. The molecule has 10 nitrogen and oxygen atoms in total. The number of nitrogens with one attached hydrogen (secondary N) is 2. The van der Waals surface area contributed by atoms with Gasteiger partial charge in [0.25, 0.3) is 15.7 Å². The van der Waals surface area contributed by atoms with Gasteiger partial charge in [-0.15, -0.1) is 0 Å². The summed E-state index contributed by atoms with van der Waals surface area (Å²) in [6.07, 6.45) is 4.37. The standard InChI is InChI=1S/C22H21N5O5S/c1-23-12-15-14-26(33(30,31)18-4-3-9-24-13-18)21-10-16(5-7-19(15)21)25-20-8-6-17(32-2)11-22(20)27(28)29/h3-11,13-14,23,25H,12H2,1-2H3. The molecule has 0 unspecified atom stereocenters. The molecule has 170 valence electrons. The molecule has 0 aliphatic heterocycles. The van der Waals surface area contributed by atoms with E-state index in [1.807, 2.05) is 0 Å². The summed E-state index contributed by atoms with van der Waals surface area (Å²) in [6.45, 7) is 0.461. The van der Waals surface area contributed by atoms with Gasteiger partial charge in [0.1, 0.15) is 16.3 Å². The molecule has 0 bridgehead atoms. The summed E-state index contributed by atoms with van der Waals surface area (Å²) in [5.74, 6) is 0.357. The molecule has 2 aromatic carbocycles. The first kappa shape index (κ1) is 22.2. The number of benzene rings is 2. The maximum Gasteiger partial charge on any atom is 0.296 e. The Morgan fingerprint density at radius 2 is 2.00 bits per heavy atom. The van der Waals surface area contributed by atoms with Crippen LogP contribution in [0.3, 0.4) is 0 Å². The van der Waals surface area contributed by atoms with Crippen LogP contribution in [0.25, 0.3) is 10.9 Å². The summed E-state index contributed by atoms with van der Waals surface area (Å²) in [5, 5.41) is 18.3. The van der Waals surface area contributed by atoms with Crippen LogP contribution in [0.1, 0.15) is 5.56 Å². The Labute approximate surface area is 190 Å². The number of rotatable bonds is 8. The van der Waals surface area contributed by atoms with E-state index in [1.54, 1.807) is 49.6 Å². The predicted octanol–water partition coefficient (Wildman–Crippen LogP) is 3.65. The molecule has 4 aromatic rings. The summed E-state index contributed by atoms with van der Waals surface area (Å²) >= 11 is 0. The van der Waals surface area contributed by atoms with Gasteiger partial charge < -0.3 is 15.4 Å². The summed E-state index contributed by atoms with van der Waals surface area (Å²) < 4.78 is 32.9. The third kappa shape index (κ3) is 4.23. The molecule has 0 saturated heterocycles. The molecular weight excluding hydrogens is 446 g/mol. The number of nitro benzene ring substituents is 1. The highest BCUT2D eigenvalue weighted by Crippen LogP contribution is 2.34. The van der Waals surface area contributed by atoms with E-state index in [0.717, 1.165) is 10.9 Å². The first-order chi connectivity index (χ1) is 15.8. The second kappa shape index (κ2) is 8.88. The molecule has 2 N–H and O–H groups in total. The van der Waals surface area contributed by atoms with Gasteiger partial charge in [0, 0.05) is 36.2 Å². The lowest BCUT2D eigenvalue weighted by atomic mass is 10.1. The van der Waals surface area contributed by atoms with Crippen LogP contribution in [-0.2, 0) is 16.6 Å². The lowest BCUT2D eigenvalue weighted by molar-refractivity contribution is -0.384. The zero-order chi connectivity index (χ0) is 23.6. The molecule has 11 heteroatoms. The van der Waals surface area contributed by atoms with E-state index < -0.39 is 14.9 Å². The van der Waals surface area contributed by atoms with E-state index in [-0.39, 0.29) is 16.3 Å². The summed E-state index contributed by atoms with van der Waals surface area (Å²) in [7, 11) is -0.704. The van der Waals surface area contributed by atoms with Crippen LogP contribution in [0.2, 0.25) is 0 Å². The molecule has 0 atom stereocenters. The van der Waals surface area contributed by atoms with Crippen molar-refractivity contribution >= 4 is 38.0 Å². The minimum Gasteiger partial charge on any atom is -0.496 e. The topological polar surface area (TPSA) is 128 Å². The van der Waals surface area contributed by atoms with E-state index >= 15 is 0 Å². The fourth-order valence-electron chi connectivity index (χ4n) is 3.54. The fraction of sp³-hybridized carbons (Fsp3) is 0.136. The van der Waals surface area contributed by atoms with Gasteiger partial charge in [0.15, 0.2) is 0 Å². The molecule has 0 spiro atoms. The van der Waals surface area contributed by atoms with Gasteiger partial charge in [-0.3, -0.25) is 15.1 Å². The SMILES string of the molecule is CNCc1cn(S(=O)(=O)c2cccnc2)c2cc(Nc3ccc(OC)cc3[N+](=O)[O-])ccc12. The highest BCUT2D eigenvalue weighted by Gasteiger charge is 2.22. The van der Waals surface area contributed by atoms with Crippen molar-refractivity contribution in [2.75, 3.05) is 19.5 Å². The van der Waals surface area contributed by atoms with Gasteiger partial charge in [0.2, 0.25) is 0 Å². The largest absolute Gasteiger partial charge is 0.496 e. The highest BCUT2D eigenvalue weighted by molar-refractivity contribution is 7.90. The average molecular weight is 468 g/mol. The second-order valence-corrected chi connectivity index (χ2v) is 8.99. The maximum absolute atomic E-state index is 13.3. The zero-order valence-corrected chi connectivity index (χ0v) is 18.7. The van der Waals surface area contributed by atoms with E-state index in [0.29, 0.717) is 23.5 Å². The monoisotopic (exact) mass is 467 g/mol. The van der Waals surface area contributed by atoms with Gasteiger partial charge in [-0.1, -0.05) is 6.07 Å². The van der Waals surface area contributed by atoms with Crippen molar-refractivity contribution in [3.05, 3.63) is 82.8 Å². The minimum absolute atomic E-state index is 0.0575. The minimum atomic E-state index is -3.91. The van der Waals surface area contributed by atoms with Crippen molar-refractivity contribution < 1.29 is 18.1 Å². The molecule has 0 fully saturated rings. The van der Waals surface area contributed by atoms with Crippen molar-refractivity contribution in [1.29, 1.82) is 0 Å². The van der Waals surface area contributed by atoms with Gasteiger partial charge in [-0.25, -0.2) is 12.4 Å². The van der Waals surface area contributed by atoms with Gasteiger partial charge >= 0.3 is 0 Å². The Bertz CT molecular complexity index is 1430. The first-order valence-corrected chi connectivity index (χ1v) is 11.3. The number of fused-ring (bicyclic) bond motifs is 1. The van der Waals surface area contributed by atoms with E-state index in [9.17, 15) is 18.5 Å². The summed E-state index contributed by atoms with van der Waals surface area (Å²) in [5.41, 5.74) is 1.81. The average Bonchev–Trinajstić information content (AvgIpc) is 3.18. The van der Waals surface area contributed by atoms with Crippen LogP contribution < -0.4 is 15.4 Å². The Morgan fingerprint density at radius 1 is 1.18 bits per heavy atom. The molecule has 2 heterocycles. The highest BCUT2D eigenvalue weighted by atomic mass is 32.2. The quantitative estimate of drug-likeness (QED) is 0.297. The number of anilines is 2. The van der Waals surface area contributed by atoms with Crippen LogP contribution in [-0.4, -0.2) is 36.5 Å². The number of methoxy groups -OCH3 is 1. The molecule has 33 heavy (non-hydrogen) atoms. The van der Waals surface area contributed by atoms with Gasteiger partial charge in [-0.05, 0) is 49.0 Å². The third-order valence-electron chi connectivity index (χ3n) is 5.09. The number of hydrogen-bond acceptors (Lipinski definition) is 8. The molecule has 0 amide bonds. The molecule has 0 aliphatic rings. The third-order valence-corrected chi connectivity index (χ3v) is 6.75. The Morgan fingerprint density at radius 3 is 2.67 bits per heavy atom. The van der Waals surface area contributed by atoms with Crippen LogP contribution in [0.4, 0.5) is 17.1 Å².